The molecule has 0 saturated heterocycles. The average molecular weight is 328 g/mol. The summed E-state index contributed by atoms with van der Waals surface area (Å²) in [6.07, 6.45) is 2.13. The van der Waals surface area contributed by atoms with Gasteiger partial charge in [0.15, 0.2) is 0 Å². The number of carboxylic acids is 1. The van der Waals surface area contributed by atoms with E-state index in [9.17, 15) is 9.59 Å². The molecule has 2 N–H and O–H groups in total. The summed E-state index contributed by atoms with van der Waals surface area (Å²) in [5.41, 5.74) is 1.32. The Bertz CT molecular complexity index is 474. The Morgan fingerprint density at radius 1 is 1.42 bits per heavy atom. The van der Waals surface area contributed by atoms with E-state index in [2.05, 4.69) is 21.2 Å². The molecule has 5 heteroatoms. The minimum Gasteiger partial charge on any atom is -0.480 e. The average Bonchev–Trinajstić information content (AvgIpc) is 2.33. The Hall–Kier alpha value is -1.36. The molecule has 0 radical (unpaired) electrons. The van der Waals surface area contributed by atoms with Crippen molar-refractivity contribution in [3.05, 3.63) is 33.8 Å². The number of amides is 1. The van der Waals surface area contributed by atoms with E-state index in [0.717, 1.165) is 22.9 Å². The molecule has 0 spiro atoms. The van der Waals surface area contributed by atoms with Gasteiger partial charge in [-0.05, 0) is 37.1 Å². The van der Waals surface area contributed by atoms with E-state index in [-0.39, 0.29) is 5.91 Å². The molecule has 0 aromatic heterocycles. The first-order valence-electron chi connectivity index (χ1n) is 6.25. The van der Waals surface area contributed by atoms with Crippen molar-refractivity contribution >= 4 is 27.8 Å². The summed E-state index contributed by atoms with van der Waals surface area (Å²) in [6, 6.07) is 4.46. The molecule has 0 aliphatic carbocycles. The highest BCUT2D eigenvalue weighted by Gasteiger charge is 2.20. The van der Waals surface area contributed by atoms with Gasteiger partial charge in [-0.1, -0.05) is 35.7 Å². The van der Waals surface area contributed by atoms with Crippen LogP contribution in [0.2, 0.25) is 0 Å². The second kappa shape index (κ2) is 7.28. The molecule has 1 aromatic rings. The summed E-state index contributed by atoms with van der Waals surface area (Å²) in [5.74, 6) is -1.33. The number of nitrogens with one attached hydrogen (secondary N) is 1. The number of hydrogen-bond donors (Lipinski definition) is 2. The Balaban J connectivity index is 2.78. The molecule has 1 atom stereocenters. The number of carbonyl (C=O) groups excluding carboxylic acids is 1. The van der Waals surface area contributed by atoms with Crippen LogP contribution in [0.5, 0.6) is 0 Å². The van der Waals surface area contributed by atoms with Crippen molar-refractivity contribution in [2.45, 2.75) is 39.2 Å². The van der Waals surface area contributed by atoms with E-state index in [1.54, 1.807) is 12.1 Å². The van der Waals surface area contributed by atoms with Crippen LogP contribution in [0.3, 0.4) is 0 Å². The van der Waals surface area contributed by atoms with Gasteiger partial charge >= 0.3 is 5.97 Å². The van der Waals surface area contributed by atoms with Crippen LogP contribution in [-0.4, -0.2) is 23.0 Å². The number of aryl methyl sites for hydroxylation is 1. The molecule has 0 saturated carbocycles. The predicted octanol–water partition coefficient (Wildman–Crippen LogP) is 3.13. The molecule has 0 heterocycles. The van der Waals surface area contributed by atoms with Crippen LogP contribution in [0, 0.1) is 6.92 Å². The third-order valence-electron chi connectivity index (χ3n) is 2.88. The van der Waals surface area contributed by atoms with Gasteiger partial charge in [-0.15, -0.1) is 0 Å². The molecule has 19 heavy (non-hydrogen) atoms. The van der Waals surface area contributed by atoms with Gasteiger partial charge in [0.05, 0.1) is 0 Å². The highest BCUT2D eigenvalue weighted by atomic mass is 79.9. The molecule has 0 bridgehead atoms. The largest absolute Gasteiger partial charge is 0.480 e. The number of carbonyl (C=O) groups is 2. The second-order valence-electron chi connectivity index (χ2n) is 4.47. The van der Waals surface area contributed by atoms with E-state index in [1.165, 1.54) is 0 Å². The van der Waals surface area contributed by atoms with Crippen LogP contribution in [0.15, 0.2) is 22.7 Å². The molecule has 1 amide bonds. The number of halogens is 1. The van der Waals surface area contributed by atoms with Crippen LogP contribution in [-0.2, 0) is 4.79 Å². The minimum atomic E-state index is -0.989. The van der Waals surface area contributed by atoms with Gasteiger partial charge in [0.25, 0.3) is 5.91 Å². The normalized spacial score (nSPS) is 11.9. The SMILES string of the molecule is CCCCC(NC(=O)c1ccc(Br)cc1C)C(=O)O. The Morgan fingerprint density at radius 2 is 2.11 bits per heavy atom. The smallest absolute Gasteiger partial charge is 0.326 e. The van der Waals surface area contributed by atoms with E-state index in [0.29, 0.717) is 12.0 Å². The van der Waals surface area contributed by atoms with Crippen molar-refractivity contribution in [2.24, 2.45) is 0 Å². The van der Waals surface area contributed by atoms with Gasteiger partial charge in [0, 0.05) is 10.0 Å². The Morgan fingerprint density at radius 3 is 2.63 bits per heavy atom. The summed E-state index contributed by atoms with van der Waals surface area (Å²) < 4.78 is 0.891. The number of hydrogen-bond acceptors (Lipinski definition) is 2. The van der Waals surface area contributed by atoms with E-state index in [4.69, 9.17) is 5.11 Å². The molecular weight excluding hydrogens is 310 g/mol. The zero-order valence-electron chi connectivity index (χ0n) is 11.1. The standard InChI is InChI=1S/C14H18BrNO3/c1-3-4-5-12(14(18)19)16-13(17)11-7-6-10(15)8-9(11)2/h6-8,12H,3-5H2,1-2H3,(H,16,17)(H,18,19). The maximum atomic E-state index is 12.1. The summed E-state index contributed by atoms with van der Waals surface area (Å²) in [5, 5.41) is 11.7. The van der Waals surface area contributed by atoms with Gasteiger partial charge in [0.1, 0.15) is 6.04 Å². The van der Waals surface area contributed by atoms with Gasteiger partial charge in [-0.25, -0.2) is 4.79 Å². The maximum absolute atomic E-state index is 12.1. The first-order valence-corrected chi connectivity index (χ1v) is 7.04. The van der Waals surface area contributed by atoms with Gasteiger partial charge in [-0.3, -0.25) is 4.79 Å². The summed E-state index contributed by atoms with van der Waals surface area (Å²) in [4.78, 5) is 23.2. The molecule has 0 aliphatic heterocycles. The summed E-state index contributed by atoms with van der Waals surface area (Å²) in [6.45, 7) is 3.81. The first kappa shape index (κ1) is 15.7. The molecular formula is C14H18BrNO3. The van der Waals surface area contributed by atoms with Crippen molar-refractivity contribution in [1.29, 1.82) is 0 Å². The van der Waals surface area contributed by atoms with Crippen molar-refractivity contribution in [3.63, 3.8) is 0 Å². The van der Waals surface area contributed by atoms with Crippen LogP contribution in [0.1, 0.15) is 42.1 Å². The molecule has 4 nitrogen and oxygen atoms in total. The lowest BCUT2D eigenvalue weighted by Crippen LogP contribution is -2.40. The highest BCUT2D eigenvalue weighted by molar-refractivity contribution is 9.10. The van der Waals surface area contributed by atoms with Crippen LogP contribution >= 0.6 is 15.9 Å². The zero-order chi connectivity index (χ0) is 14.4. The van der Waals surface area contributed by atoms with Gasteiger partial charge in [0.2, 0.25) is 0 Å². The highest BCUT2D eigenvalue weighted by Crippen LogP contribution is 2.16. The van der Waals surface area contributed by atoms with Gasteiger partial charge in [-0.2, -0.15) is 0 Å². The summed E-state index contributed by atoms with van der Waals surface area (Å²) in [7, 11) is 0. The molecule has 104 valence electrons. The third-order valence-corrected chi connectivity index (χ3v) is 3.38. The van der Waals surface area contributed by atoms with Crippen molar-refractivity contribution in [1.82, 2.24) is 5.32 Å². The lowest BCUT2D eigenvalue weighted by molar-refractivity contribution is -0.139. The zero-order valence-corrected chi connectivity index (χ0v) is 12.7. The Kier molecular flexibility index (Phi) is 6.02. The van der Waals surface area contributed by atoms with E-state index < -0.39 is 12.0 Å². The maximum Gasteiger partial charge on any atom is 0.326 e. The predicted molar refractivity (Wildman–Crippen MR) is 77.3 cm³/mol. The van der Waals surface area contributed by atoms with Crippen molar-refractivity contribution in [3.8, 4) is 0 Å². The van der Waals surface area contributed by atoms with Gasteiger partial charge < -0.3 is 10.4 Å². The number of aliphatic carboxylic acids is 1. The fourth-order valence-corrected chi connectivity index (χ4v) is 2.26. The number of unbranched alkanes of at least 4 members (excludes halogenated alkanes) is 1. The quantitative estimate of drug-likeness (QED) is 0.843. The van der Waals surface area contributed by atoms with Crippen LogP contribution in [0.4, 0.5) is 0 Å². The molecule has 1 aromatic carbocycles. The molecule has 1 unspecified atom stereocenters. The lowest BCUT2D eigenvalue weighted by atomic mass is 10.1. The minimum absolute atomic E-state index is 0.339. The Labute approximate surface area is 121 Å². The first-order chi connectivity index (χ1) is 8.95. The van der Waals surface area contributed by atoms with E-state index >= 15 is 0 Å². The monoisotopic (exact) mass is 327 g/mol. The lowest BCUT2D eigenvalue weighted by Gasteiger charge is -2.15. The van der Waals surface area contributed by atoms with Crippen LogP contribution < -0.4 is 5.32 Å². The number of benzene rings is 1. The summed E-state index contributed by atoms with van der Waals surface area (Å²) >= 11 is 3.33. The molecule has 0 aliphatic rings. The fraction of sp³-hybridized carbons (Fsp3) is 0.429. The number of rotatable bonds is 6. The third kappa shape index (κ3) is 4.67. The fourth-order valence-electron chi connectivity index (χ4n) is 1.78. The van der Waals surface area contributed by atoms with Crippen molar-refractivity contribution in [2.75, 3.05) is 0 Å². The number of carboxylic acid groups (broad SMARTS) is 1. The van der Waals surface area contributed by atoms with Crippen molar-refractivity contribution < 1.29 is 14.7 Å². The topological polar surface area (TPSA) is 66.4 Å². The van der Waals surface area contributed by atoms with E-state index in [1.807, 2.05) is 19.9 Å². The molecule has 0 fully saturated rings. The van der Waals surface area contributed by atoms with Crippen LogP contribution in [0.25, 0.3) is 0 Å². The molecule has 1 rings (SSSR count). The second-order valence-corrected chi connectivity index (χ2v) is 5.38.